The Kier molecular flexibility index (Phi) is 7.96. The van der Waals surface area contributed by atoms with Gasteiger partial charge in [-0.05, 0) is 50.1 Å². The minimum atomic E-state index is -2.22. The lowest BCUT2D eigenvalue weighted by atomic mass is 9.53. The van der Waals surface area contributed by atoms with Crippen LogP contribution in [0.5, 0.6) is 11.5 Å². The molecule has 0 saturated carbocycles. The van der Waals surface area contributed by atoms with E-state index >= 15 is 0 Å². The van der Waals surface area contributed by atoms with Crippen LogP contribution >= 0.6 is 13.5 Å². The van der Waals surface area contributed by atoms with Crippen molar-refractivity contribution in [2.45, 2.75) is 68.6 Å². The van der Waals surface area contributed by atoms with Crippen LogP contribution in [-0.2, 0) is 31.0 Å². The molecule has 4 N–H and O–H groups in total. The highest BCUT2D eigenvalue weighted by atomic mass is 32.1. The van der Waals surface area contributed by atoms with Crippen LogP contribution in [0.2, 0.25) is 0 Å². The number of amides is 1. The van der Waals surface area contributed by atoms with Crippen LogP contribution < -0.4 is 14.8 Å². The number of aliphatic carboxylic acids is 1. The fourth-order valence-corrected chi connectivity index (χ4v) is 6.70. The molecule has 1 aromatic carbocycles. The largest absolute Gasteiger partial charge is 0.493 e. The number of likely N-dealkylation sites (N-methyl/N-ethyl adjacent to an activating group) is 1. The summed E-state index contributed by atoms with van der Waals surface area (Å²) in [4.78, 5) is 39.1. The van der Waals surface area contributed by atoms with Crippen molar-refractivity contribution in [1.29, 1.82) is 0 Å². The van der Waals surface area contributed by atoms with Gasteiger partial charge in [-0.15, -0.1) is 0 Å². The zero-order chi connectivity index (χ0) is 27.5. The van der Waals surface area contributed by atoms with Crippen molar-refractivity contribution >= 4 is 31.3 Å². The average Bonchev–Trinajstić information content (AvgIpc) is 3.24. The molecule has 1 aromatic rings. The Hall–Kier alpha value is -2.80. The number of rotatable bonds is 8. The summed E-state index contributed by atoms with van der Waals surface area (Å²) in [7, 11) is 3.68. The molecule has 0 aromatic heterocycles. The van der Waals surface area contributed by atoms with E-state index < -0.39 is 59.6 Å². The molecular weight excluding hydrogens is 528 g/mol. The summed E-state index contributed by atoms with van der Waals surface area (Å²) >= 11 is 0. The van der Waals surface area contributed by atoms with Crippen LogP contribution in [0.1, 0.15) is 31.4 Å². The number of nitrogens with one attached hydrogen (secondary N) is 1. The smallest absolute Gasteiger partial charge is 0.339 e. The maximum Gasteiger partial charge on any atom is 0.339 e. The molecule has 0 radical (unpaired) electrons. The molecule has 2 aliphatic carbocycles. The summed E-state index contributed by atoms with van der Waals surface area (Å²) in [6, 6.07) is 2.89. The lowest BCUT2D eigenvalue weighted by Gasteiger charge is -2.56. The number of carbonyl (C=O) groups excluding carboxylic acids is 2. The van der Waals surface area contributed by atoms with Gasteiger partial charge in [-0.3, -0.25) is 4.79 Å². The number of esters is 1. The van der Waals surface area contributed by atoms with Crippen LogP contribution in [0, 0.1) is 11.8 Å². The normalized spacial score (nSPS) is 30.2. The van der Waals surface area contributed by atoms with Gasteiger partial charge in [0.25, 0.3) is 5.91 Å². The monoisotopic (exact) mass is 564 g/mol. The highest BCUT2D eigenvalue weighted by Crippen LogP contribution is 2.62. The Morgan fingerprint density at radius 1 is 1.18 bits per heavy atom. The highest BCUT2D eigenvalue weighted by molar-refractivity contribution is 7.59. The Labute approximate surface area is 233 Å². The molecule has 1 amide bonds. The SMILES string of the molecule is COc1ccc2c3c1O[C@H]1[C@@H](OC(=O)C(O)C(O)C(=O)NC(C(=O)O)C(C)C)C=CC4[C@@H](C2)N(C)CC[C@@]341.S. The minimum absolute atomic E-state index is 0. The Balaban J connectivity index is 0.00000353. The van der Waals surface area contributed by atoms with Crippen LogP contribution in [-0.4, -0.2) is 95.3 Å². The molecule has 2 bridgehead atoms. The van der Waals surface area contributed by atoms with Gasteiger partial charge < -0.3 is 39.7 Å². The molecule has 12 heteroatoms. The van der Waals surface area contributed by atoms with E-state index in [0.717, 1.165) is 24.9 Å². The van der Waals surface area contributed by atoms with Crippen LogP contribution in [0.3, 0.4) is 0 Å². The molecule has 4 unspecified atom stereocenters. The first-order chi connectivity index (χ1) is 18.0. The predicted octanol–water partition coefficient (Wildman–Crippen LogP) is 0.112. The number of methoxy groups -OCH3 is 1. The van der Waals surface area contributed by atoms with Crippen molar-refractivity contribution < 1.29 is 43.9 Å². The molecule has 214 valence electrons. The summed E-state index contributed by atoms with van der Waals surface area (Å²) in [6.45, 7) is 3.99. The highest BCUT2D eigenvalue weighted by Gasteiger charge is 2.65. The number of ether oxygens (including phenoxy) is 3. The molecule has 2 aliphatic heterocycles. The van der Waals surface area contributed by atoms with Crippen LogP contribution in [0.25, 0.3) is 0 Å². The number of carbonyl (C=O) groups is 3. The zero-order valence-corrected chi connectivity index (χ0v) is 23.3. The standard InChI is InChI=1S/C27H34N2O9.H2S/c1-12(2)19(25(33)34)28-24(32)20(30)21(31)26(35)37-17-8-6-14-15-11-13-5-7-16(36-4)22-18(13)27(14,23(17)38-22)9-10-29(15)3;/h5-8,12,14-15,17,19-21,23,30-31H,9-11H2,1-4H3,(H,28,32)(H,33,34);1H2/t14?,15-,17+,19?,20?,21?,23+,27+;/m1./s1. The molecular formula is C27H36N2O9S. The Morgan fingerprint density at radius 2 is 1.90 bits per heavy atom. The molecule has 8 atom stereocenters. The number of carboxylic acids is 1. The van der Waals surface area contributed by atoms with Crippen LogP contribution in [0.4, 0.5) is 0 Å². The van der Waals surface area contributed by atoms with Crippen molar-refractivity contribution in [2.24, 2.45) is 11.8 Å². The Bertz CT molecular complexity index is 1190. The van der Waals surface area contributed by atoms with Gasteiger partial charge in [0.1, 0.15) is 12.1 Å². The quantitative estimate of drug-likeness (QED) is 0.253. The van der Waals surface area contributed by atoms with E-state index in [1.807, 2.05) is 12.1 Å². The van der Waals surface area contributed by atoms with Crippen molar-refractivity contribution in [1.82, 2.24) is 10.2 Å². The second kappa shape index (κ2) is 10.6. The summed E-state index contributed by atoms with van der Waals surface area (Å²) in [5.74, 6) is -2.81. The topological polar surface area (TPSA) is 155 Å². The van der Waals surface area contributed by atoms with Crippen molar-refractivity contribution in [3.63, 3.8) is 0 Å². The van der Waals surface area contributed by atoms with Gasteiger partial charge >= 0.3 is 11.9 Å². The molecule has 1 saturated heterocycles. The minimum Gasteiger partial charge on any atom is -0.493 e. The number of hydrogen-bond acceptors (Lipinski definition) is 9. The number of likely N-dealkylation sites (tertiary alicyclic amines) is 1. The number of carboxylic acid groups (broad SMARTS) is 1. The third-order valence-corrected chi connectivity index (χ3v) is 8.63. The van der Waals surface area contributed by atoms with Gasteiger partial charge in [0.15, 0.2) is 29.8 Å². The lowest BCUT2D eigenvalue weighted by molar-refractivity contribution is -0.173. The van der Waals surface area contributed by atoms with E-state index in [1.165, 1.54) is 5.56 Å². The first-order valence-electron chi connectivity index (χ1n) is 12.9. The van der Waals surface area contributed by atoms with Crippen molar-refractivity contribution in [3.05, 3.63) is 35.4 Å². The lowest BCUT2D eigenvalue weighted by Crippen LogP contribution is -2.65. The average molecular weight is 565 g/mol. The van der Waals surface area contributed by atoms with Crippen molar-refractivity contribution in [2.75, 3.05) is 20.7 Å². The molecule has 1 spiro atoms. The molecule has 4 aliphatic rings. The number of nitrogens with zero attached hydrogens (tertiary/aromatic N) is 1. The van der Waals surface area contributed by atoms with Gasteiger partial charge in [0, 0.05) is 22.9 Å². The van der Waals surface area contributed by atoms with Crippen molar-refractivity contribution in [3.8, 4) is 11.5 Å². The summed E-state index contributed by atoms with van der Waals surface area (Å²) in [6.07, 6.45) is -0.488. The fraction of sp³-hybridized carbons (Fsp3) is 0.593. The van der Waals surface area contributed by atoms with Gasteiger partial charge in [-0.25, -0.2) is 9.59 Å². The van der Waals surface area contributed by atoms with E-state index in [-0.39, 0.29) is 25.5 Å². The number of aliphatic hydroxyl groups excluding tert-OH is 2. The second-order valence-electron chi connectivity index (χ2n) is 11.0. The number of hydrogen-bond donors (Lipinski definition) is 4. The van der Waals surface area contributed by atoms with Gasteiger partial charge in [0.2, 0.25) is 0 Å². The summed E-state index contributed by atoms with van der Waals surface area (Å²) in [5, 5.41) is 32.2. The molecule has 5 rings (SSSR count). The first kappa shape index (κ1) is 29.2. The van der Waals surface area contributed by atoms with E-state index in [9.17, 15) is 29.7 Å². The van der Waals surface area contributed by atoms with E-state index in [1.54, 1.807) is 27.0 Å². The Morgan fingerprint density at radius 3 is 2.54 bits per heavy atom. The molecule has 11 nitrogen and oxygen atoms in total. The molecule has 2 heterocycles. The number of aliphatic hydroxyl groups is 2. The third kappa shape index (κ3) is 4.47. The molecule has 39 heavy (non-hydrogen) atoms. The van der Waals surface area contributed by atoms with Gasteiger partial charge in [0.05, 0.1) is 7.11 Å². The first-order valence-corrected chi connectivity index (χ1v) is 12.9. The maximum atomic E-state index is 12.9. The second-order valence-corrected chi connectivity index (χ2v) is 11.0. The zero-order valence-electron chi connectivity index (χ0n) is 22.3. The third-order valence-electron chi connectivity index (χ3n) is 8.63. The van der Waals surface area contributed by atoms with E-state index in [4.69, 9.17) is 14.2 Å². The predicted molar refractivity (Wildman–Crippen MR) is 143 cm³/mol. The van der Waals surface area contributed by atoms with E-state index in [0.29, 0.717) is 11.5 Å². The number of piperidine rings is 1. The van der Waals surface area contributed by atoms with Gasteiger partial charge in [-0.2, -0.15) is 13.5 Å². The number of benzene rings is 1. The van der Waals surface area contributed by atoms with Crippen LogP contribution in [0.15, 0.2) is 24.3 Å². The van der Waals surface area contributed by atoms with Gasteiger partial charge in [-0.1, -0.05) is 26.0 Å². The molecule has 1 fully saturated rings. The van der Waals surface area contributed by atoms with E-state index in [2.05, 4.69) is 23.3 Å². The summed E-state index contributed by atoms with van der Waals surface area (Å²) in [5.41, 5.74) is 1.79. The maximum absolute atomic E-state index is 12.9. The summed E-state index contributed by atoms with van der Waals surface area (Å²) < 4.78 is 17.7. The fourth-order valence-electron chi connectivity index (χ4n) is 6.70.